The number of aliphatic hydroxyl groups is 3. The maximum atomic E-state index is 14.5. The van der Waals surface area contributed by atoms with Crippen molar-refractivity contribution >= 4 is 39.8 Å². The Bertz CT molecular complexity index is 2000. The zero-order chi connectivity index (χ0) is 43.0. The predicted octanol–water partition coefficient (Wildman–Crippen LogP) is 4.96. The van der Waals surface area contributed by atoms with Gasteiger partial charge in [0, 0.05) is 80.8 Å². The minimum absolute atomic E-state index is 0.00269. The Morgan fingerprint density at radius 3 is 2.21 bits per heavy atom. The van der Waals surface area contributed by atoms with Crippen LogP contribution in [0.5, 0.6) is 23.0 Å². The molecular weight excluding hydrogens is 752 g/mol. The van der Waals surface area contributed by atoms with Gasteiger partial charge in [0.15, 0.2) is 5.75 Å². The minimum Gasteiger partial charge on any atom is -0.507 e. The highest BCUT2D eigenvalue weighted by atomic mass is 16.7. The van der Waals surface area contributed by atoms with Crippen molar-refractivity contribution < 1.29 is 64.0 Å². The number of benzene rings is 2. The quantitative estimate of drug-likeness (QED) is 0.123. The molecule has 2 aromatic carbocycles. The SMILES string of the molecule is COC1/C=C/OC2(C)Oc3c(C)c(O)c4c(O)c(c(N5CCC(CO)CC5)c(O)c4c3C2=O)NC(=O)/C(C)=C\C=C\C(C)C(O)C(C)C(O)C(C)C(OC(C)=O)C1C. The number of allylic oxidation sites excluding steroid dienone is 2. The molecule has 15 heteroatoms. The van der Waals surface area contributed by atoms with E-state index in [1.165, 1.54) is 53.2 Å². The number of phenolic OH excluding ortho intramolecular Hbond substituents is 3. The molecule has 4 aliphatic rings. The largest absolute Gasteiger partial charge is 0.507 e. The summed E-state index contributed by atoms with van der Waals surface area (Å²) in [6.07, 6.45) is 4.66. The molecule has 0 aromatic heterocycles. The molecule has 0 spiro atoms. The van der Waals surface area contributed by atoms with Gasteiger partial charge in [-0.3, -0.25) is 14.4 Å². The first-order chi connectivity index (χ1) is 27.3. The summed E-state index contributed by atoms with van der Waals surface area (Å²) < 4.78 is 23.6. The maximum Gasteiger partial charge on any atom is 0.312 e. The van der Waals surface area contributed by atoms with E-state index >= 15 is 0 Å². The van der Waals surface area contributed by atoms with Crippen molar-refractivity contribution in [1.29, 1.82) is 0 Å². The second kappa shape index (κ2) is 17.6. The zero-order valence-corrected chi connectivity index (χ0v) is 34.6. The van der Waals surface area contributed by atoms with Crippen molar-refractivity contribution in [3.8, 4) is 23.0 Å². The molecule has 9 unspecified atom stereocenters. The Hall–Kier alpha value is -4.83. The lowest BCUT2D eigenvalue weighted by Crippen LogP contribution is -2.46. The van der Waals surface area contributed by atoms with Crippen molar-refractivity contribution in [1.82, 2.24) is 0 Å². The summed E-state index contributed by atoms with van der Waals surface area (Å²) in [6, 6.07) is 0. The van der Waals surface area contributed by atoms with Crippen LogP contribution in [0.2, 0.25) is 0 Å². The van der Waals surface area contributed by atoms with Gasteiger partial charge in [0.25, 0.3) is 11.7 Å². The molecule has 15 nitrogen and oxygen atoms in total. The molecule has 1 amide bonds. The number of methoxy groups -OCH3 is 1. The van der Waals surface area contributed by atoms with E-state index in [0.29, 0.717) is 25.9 Å². The molecule has 58 heavy (non-hydrogen) atoms. The van der Waals surface area contributed by atoms with Crippen LogP contribution in [0, 0.1) is 36.5 Å². The molecule has 6 rings (SSSR count). The van der Waals surface area contributed by atoms with Gasteiger partial charge in [-0.15, -0.1) is 0 Å². The lowest BCUT2D eigenvalue weighted by atomic mass is 9.78. The standard InChI is InChI=1S/C43H58N2O13/c1-20-11-10-12-21(2)42(54)44-32-33(45-16-13-27(19-46)14-17-45)38(52)29-30(37(32)51)36(50)25(6)40-31(29)41(53)43(8,58-40)56-18-15-28(55-9)22(3)39(57-26(7)47)24(5)35(49)23(4)34(20)48/h10-12,15,18,20,22-24,27-28,34-35,39,46,48-52H,13-14,16-17,19H2,1-9H3,(H,44,54)/b11-10+,18-15+,21-12-. The Morgan fingerprint density at radius 1 is 0.948 bits per heavy atom. The lowest BCUT2D eigenvalue weighted by molar-refractivity contribution is -0.160. The van der Waals surface area contributed by atoms with E-state index < -0.39 is 88.8 Å². The van der Waals surface area contributed by atoms with Crippen molar-refractivity contribution in [2.24, 2.45) is 29.6 Å². The number of aliphatic hydroxyl groups excluding tert-OH is 3. The highest BCUT2D eigenvalue weighted by molar-refractivity contribution is 6.23. The average molecular weight is 811 g/mol. The molecular formula is C43H58N2O13. The summed E-state index contributed by atoms with van der Waals surface area (Å²) in [5.74, 6) is -8.18. The topological polar surface area (TPSA) is 225 Å². The number of hydrogen-bond donors (Lipinski definition) is 7. The number of piperidine rings is 1. The molecule has 7 N–H and O–H groups in total. The number of amides is 1. The molecule has 1 fully saturated rings. The molecule has 2 aromatic rings. The molecule has 4 heterocycles. The number of fused-ring (bicyclic) bond motifs is 14. The minimum atomic E-state index is -2.04. The summed E-state index contributed by atoms with van der Waals surface area (Å²) in [5, 5.41) is 70.7. The number of phenols is 3. The van der Waals surface area contributed by atoms with Crippen LogP contribution in [0.15, 0.2) is 36.1 Å². The van der Waals surface area contributed by atoms with Gasteiger partial charge in [-0.2, -0.15) is 0 Å². The number of hydrogen-bond acceptors (Lipinski definition) is 14. The number of nitrogens with zero attached hydrogens (tertiary/aromatic N) is 1. The van der Waals surface area contributed by atoms with E-state index in [4.69, 9.17) is 18.9 Å². The van der Waals surface area contributed by atoms with E-state index in [1.54, 1.807) is 44.7 Å². The monoisotopic (exact) mass is 810 g/mol. The Morgan fingerprint density at radius 2 is 1.60 bits per heavy atom. The van der Waals surface area contributed by atoms with Gasteiger partial charge in [0.1, 0.15) is 34.7 Å². The van der Waals surface area contributed by atoms with Crippen LogP contribution in [0.4, 0.5) is 11.4 Å². The first kappa shape index (κ1) is 44.3. The first-order valence-corrected chi connectivity index (χ1v) is 19.7. The Labute approximate surface area is 338 Å². The average Bonchev–Trinajstić information content (AvgIpc) is 3.46. The van der Waals surface area contributed by atoms with E-state index in [2.05, 4.69) is 5.32 Å². The fourth-order valence-corrected chi connectivity index (χ4v) is 8.35. The molecule has 9 atom stereocenters. The lowest BCUT2D eigenvalue weighted by Gasteiger charge is -2.38. The van der Waals surface area contributed by atoms with Crippen LogP contribution in [0.3, 0.4) is 0 Å². The molecule has 5 bridgehead atoms. The smallest absolute Gasteiger partial charge is 0.312 e. The van der Waals surface area contributed by atoms with Gasteiger partial charge in [0.2, 0.25) is 0 Å². The fraction of sp³-hybridized carbons (Fsp3) is 0.558. The van der Waals surface area contributed by atoms with Crippen LogP contribution in [-0.2, 0) is 23.8 Å². The van der Waals surface area contributed by atoms with Crippen LogP contribution in [0.25, 0.3) is 10.8 Å². The maximum absolute atomic E-state index is 14.5. The third-order valence-corrected chi connectivity index (χ3v) is 12.2. The number of ketones is 1. The number of aromatic hydroxyl groups is 3. The van der Waals surface area contributed by atoms with Crippen LogP contribution < -0.4 is 15.0 Å². The number of rotatable bonds is 4. The highest BCUT2D eigenvalue weighted by Crippen LogP contribution is 2.58. The van der Waals surface area contributed by atoms with Gasteiger partial charge >= 0.3 is 11.8 Å². The van der Waals surface area contributed by atoms with Gasteiger partial charge < -0.3 is 59.8 Å². The number of nitrogens with one attached hydrogen (secondary N) is 1. The number of carbonyl (C=O) groups is 3. The second-order valence-electron chi connectivity index (χ2n) is 16.2. The van der Waals surface area contributed by atoms with Crippen molar-refractivity contribution in [3.05, 3.63) is 47.3 Å². The third-order valence-electron chi connectivity index (χ3n) is 12.2. The van der Waals surface area contributed by atoms with E-state index in [1.807, 2.05) is 0 Å². The van der Waals surface area contributed by atoms with Gasteiger partial charge in [-0.05, 0) is 38.7 Å². The number of carbonyl (C=O) groups excluding carboxylic acids is 3. The van der Waals surface area contributed by atoms with E-state index in [-0.39, 0.29) is 57.1 Å². The summed E-state index contributed by atoms with van der Waals surface area (Å²) in [5.41, 5.74) is -0.0955. The van der Waals surface area contributed by atoms with Crippen molar-refractivity contribution in [3.63, 3.8) is 0 Å². The molecule has 318 valence electrons. The number of Topliss-reactive ketones (excluding diaryl/α,β-unsaturated/α-hetero) is 1. The molecule has 0 saturated carbocycles. The molecule has 0 radical (unpaired) electrons. The molecule has 0 aliphatic carbocycles. The van der Waals surface area contributed by atoms with E-state index in [0.717, 1.165) is 0 Å². The predicted molar refractivity (Wildman–Crippen MR) is 216 cm³/mol. The summed E-state index contributed by atoms with van der Waals surface area (Å²) in [6.45, 7) is 13.2. The summed E-state index contributed by atoms with van der Waals surface area (Å²) in [7, 11) is 1.44. The summed E-state index contributed by atoms with van der Waals surface area (Å²) >= 11 is 0. The first-order valence-electron chi connectivity index (χ1n) is 19.7. The number of ether oxygens (including phenoxy) is 4. The highest BCUT2D eigenvalue weighted by Gasteiger charge is 2.50. The number of esters is 1. The fourth-order valence-electron chi connectivity index (χ4n) is 8.35. The zero-order valence-electron chi connectivity index (χ0n) is 34.6. The van der Waals surface area contributed by atoms with Crippen molar-refractivity contribution in [2.75, 3.05) is 37.0 Å². The normalized spacial score (nSPS) is 32.3. The summed E-state index contributed by atoms with van der Waals surface area (Å²) in [4.78, 5) is 42.3. The van der Waals surface area contributed by atoms with Gasteiger partial charge in [-0.25, -0.2) is 0 Å². The van der Waals surface area contributed by atoms with Crippen LogP contribution >= 0.6 is 0 Å². The van der Waals surface area contributed by atoms with Crippen LogP contribution in [-0.4, -0.2) is 105 Å². The Balaban J connectivity index is 1.71. The van der Waals surface area contributed by atoms with Crippen molar-refractivity contribution in [2.45, 2.75) is 98.4 Å². The molecule has 1 saturated heterocycles. The van der Waals surface area contributed by atoms with Crippen LogP contribution in [0.1, 0.15) is 77.2 Å². The molecule has 4 aliphatic heterocycles. The van der Waals surface area contributed by atoms with Gasteiger partial charge in [0.05, 0.1) is 35.5 Å². The number of anilines is 2. The van der Waals surface area contributed by atoms with E-state index in [9.17, 15) is 45.0 Å². The van der Waals surface area contributed by atoms with Gasteiger partial charge in [-0.1, -0.05) is 45.9 Å². The second-order valence-corrected chi connectivity index (χ2v) is 16.2. The third kappa shape index (κ3) is 8.22. The Kier molecular flexibility index (Phi) is 13.4.